The van der Waals surface area contributed by atoms with E-state index in [1.165, 1.54) is 25.2 Å². The summed E-state index contributed by atoms with van der Waals surface area (Å²) in [6, 6.07) is 3.98. The molecular weight excluding hydrogens is 216 g/mol. The Morgan fingerprint density at radius 1 is 1.19 bits per heavy atom. The van der Waals surface area contributed by atoms with Crippen LogP contribution < -0.4 is 0 Å². The van der Waals surface area contributed by atoms with E-state index in [9.17, 15) is 4.79 Å². The van der Waals surface area contributed by atoms with Crippen molar-refractivity contribution in [2.24, 2.45) is 0 Å². The van der Waals surface area contributed by atoms with Gasteiger partial charge in [-0.3, -0.25) is 4.79 Å². The molecule has 0 aromatic carbocycles. The molecule has 3 heteroatoms. The molecule has 0 atom stereocenters. The highest BCUT2D eigenvalue weighted by Gasteiger charge is 2.22. The summed E-state index contributed by atoms with van der Waals surface area (Å²) in [5.41, 5.74) is 2.48. The van der Waals surface area contributed by atoms with Gasteiger partial charge in [-0.25, -0.2) is 0 Å². The molecule has 0 aromatic heterocycles. The number of allylic oxidation sites excluding steroid dienone is 1. The molecule has 0 saturated carbocycles. The minimum absolute atomic E-state index is 0.0987. The highest BCUT2D eigenvalue weighted by atomic mass is 28.3. The summed E-state index contributed by atoms with van der Waals surface area (Å²) >= 11 is 0. The fraction of sp³-hybridized carbons (Fsp3) is 0.769. The lowest BCUT2D eigenvalue weighted by Crippen LogP contribution is -2.28. The van der Waals surface area contributed by atoms with Gasteiger partial charge in [0.2, 0.25) is 0 Å². The van der Waals surface area contributed by atoms with Crippen LogP contribution in [0.3, 0.4) is 0 Å². The molecule has 2 nitrogen and oxygen atoms in total. The first kappa shape index (κ1) is 15.4. The number of hydrogen-bond acceptors (Lipinski definition) is 2. The van der Waals surface area contributed by atoms with Crippen molar-refractivity contribution >= 4 is 14.0 Å². The first-order valence-corrected chi connectivity index (χ1v) is 9.08. The standard InChI is InChI=1S/C13H26O2Si/c1-5-16(6-2,7-3)12-10-8-9-11-13(14)15-4/h10,12H,5-9,11H2,1-4H3/b12-10-. The van der Waals surface area contributed by atoms with E-state index in [-0.39, 0.29) is 5.97 Å². The van der Waals surface area contributed by atoms with E-state index in [2.05, 4.69) is 37.3 Å². The Bertz CT molecular complexity index is 212. The van der Waals surface area contributed by atoms with Gasteiger partial charge in [-0.15, -0.1) is 0 Å². The molecule has 0 fully saturated rings. The predicted octanol–water partition coefficient (Wildman–Crippen LogP) is 3.93. The second-order valence-electron chi connectivity index (χ2n) is 4.29. The van der Waals surface area contributed by atoms with Gasteiger partial charge in [-0.1, -0.05) is 50.7 Å². The monoisotopic (exact) mass is 242 g/mol. The van der Waals surface area contributed by atoms with Crippen LogP contribution in [0, 0.1) is 0 Å². The van der Waals surface area contributed by atoms with Gasteiger partial charge in [0.15, 0.2) is 0 Å². The van der Waals surface area contributed by atoms with E-state index >= 15 is 0 Å². The van der Waals surface area contributed by atoms with Crippen molar-refractivity contribution in [1.82, 2.24) is 0 Å². The number of esters is 1. The summed E-state index contributed by atoms with van der Waals surface area (Å²) in [5.74, 6) is -0.0987. The minimum atomic E-state index is -1.10. The maximum Gasteiger partial charge on any atom is 0.305 e. The van der Waals surface area contributed by atoms with Gasteiger partial charge in [0.25, 0.3) is 0 Å². The molecule has 0 bridgehead atoms. The first-order chi connectivity index (χ1) is 7.64. The van der Waals surface area contributed by atoms with Crippen LogP contribution >= 0.6 is 0 Å². The molecule has 0 amide bonds. The fourth-order valence-corrected chi connectivity index (χ4v) is 4.78. The highest BCUT2D eigenvalue weighted by Crippen LogP contribution is 2.21. The van der Waals surface area contributed by atoms with E-state index in [0.29, 0.717) is 6.42 Å². The number of methoxy groups -OCH3 is 1. The van der Waals surface area contributed by atoms with Gasteiger partial charge in [0.1, 0.15) is 0 Å². The van der Waals surface area contributed by atoms with Gasteiger partial charge in [-0.2, -0.15) is 0 Å². The fourth-order valence-electron chi connectivity index (χ4n) is 1.90. The Morgan fingerprint density at radius 2 is 1.75 bits per heavy atom. The number of unbranched alkanes of at least 4 members (excludes halogenated alkanes) is 1. The van der Waals surface area contributed by atoms with Crippen LogP contribution in [0.15, 0.2) is 11.8 Å². The SMILES string of the molecule is CC[Si](/C=C\CCCC(=O)OC)(CC)CC. The van der Waals surface area contributed by atoms with Crippen LogP contribution in [0.25, 0.3) is 0 Å². The van der Waals surface area contributed by atoms with Gasteiger partial charge >= 0.3 is 5.97 Å². The van der Waals surface area contributed by atoms with Crippen molar-refractivity contribution in [1.29, 1.82) is 0 Å². The highest BCUT2D eigenvalue weighted by molar-refractivity contribution is 6.84. The normalized spacial score (nSPS) is 12.0. The van der Waals surface area contributed by atoms with Crippen LogP contribution in [0.2, 0.25) is 18.1 Å². The van der Waals surface area contributed by atoms with Crippen LogP contribution in [-0.2, 0) is 9.53 Å². The topological polar surface area (TPSA) is 26.3 Å². The zero-order valence-corrected chi connectivity index (χ0v) is 12.2. The van der Waals surface area contributed by atoms with Gasteiger partial charge in [0.05, 0.1) is 15.2 Å². The van der Waals surface area contributed by atoms with E-state index < -0.39 is 8.07 Å². The Morgan fingerprint density at radius 3 is 2.19 bits per heavy atom. The third-order valence-corrected chi connectivity index (χ3v) is 8.73. The van der Waals surface area contributed by atoms with Crippen molar-refractivity contribution in [3.8, 4) is 0 Å². The largest absolute Gasteiger partial charge is 0.469 e. The van der Waals surface area contributed by atoms with E-state index in [0.717, 1.165) is 12.8 Å². The molecule has 0 N–H and O–H groups in total. The lowest BCUT2D eigenvalue weighted by atomic mass is 10.2. The molecule has 0 aromatic rings. The summed E-state index contributed by atoms with van der Waals surface area (Å²) in [5, 5.41) is 0. The molecule has 0 radical (unpaired) electrons. The van der Waals surface area contributed by atoms with Crippen LogP contribution in [-0.4, -0.2) is 21.2 Å². The van der Waals surface area contributed by atoms with Crippen molar-refractivity contribution in [2.75, 3.05) is 7.11 Å². The predicted molar refractivity (Wildman–Crippen MR) is 72.2 cm³/mol. The zero-order chi connectivity index (χ0) is 12.4. The lowest BCUT2D eigenvalue weighted by molar-refractivity contribution is -0.140. The summed E-state index contributed by atoms with van der Waals surface area (Å²) in [6.07, 6.45) is 4.74. The van der Waals surface area contributed by atoms with Crippen molar-refractivity contribution < 1.29 is 9.53 Å². The van der Waals surface area contributed by atoms with E-state index in [1.807, 2.05) is 0 Å². The Labute approximate surface area is 101 Å². The van der Waals surface area contributed by atoms with Gasteiger partial charge < -0.3 is 4.74 Å². The summed E-state index contributed by atoms with van der Waals surface area (Å²) in [6.45, 7) is 6.91. The molecule has 0 saturated heterocycles. The second-order valence-corrected chi connectivity index (χ2v) is 9.47. The van der Waals surface area contributed by atoms with Gasteiger partial charge in [0, 0.05) is 6.42 Å². The maximum atomic E-state index is 10.9. The summed E-state index contributed by atoms with van der Waals surface area (Å²) in [4.78, 5) is 10.9. The van der Waals surface area contributed by atoms with Crippen LogP contribution in [0.4, 0.5) is 0 Å². The lowest BCUT2D eigenvalue weighted by Gasteiger charge is -2.23. The molecule has 16 heavy (non-hydrogen) atoms. The molecule has 94 valence electrons. The molecule has 0 unspecified atom stereocenters. The number of carbonyl (C=O) groups is 1. The van der Waals surface area contributed by atoms with Crippen molar-refractivity contribution in [2.45, 2.75) is 58.2 Å². The number of hydrogen-bond donors (Lipinski definition) is 0. The average molecular weight is 242 g/mol. The summed E-state index contributed by atoms with van der Waals surface area (Å²) < 4.78 is 4.61. The quantitative estimate of drug-likeness (QED) is 0.366. The number of ether oxygens (including phenoxy) is 1. The van der Waals surface area contributed by atoms with Gasteiger partial charge in [-0.05, 0) is 12.8 Å². The molecule has 0 aliphatic rings. The second kappa shape index (κ2) is 8.56. The molecule has 0 rings (SSSR count). The Kier molecular flexibility index (Phi) is 8.26. The third-order valence-electron chi connectivity index (χ3n) is 3.56. The minimum Gasteiger partial charge on any atom is -0.469 e. The summed E-state index contributed by atoms with van der Waals surface area (Å²) in [7, 11) is 0.346. The van der Waals surface area contributed by atoms with E-state index in [1.54, 1.807) is 0 Å². The molecule has 0 heterocycles. The van der Waals surface area contributed by atoms with Crippen LogP contribution in [0.5, 0.6) is 0 Å². The first-order valence-electron chi connectivity index (χ1n) is 6.38. The van der Waals surface area contributed by atoms with Crippen molar-refractivity contribution in [3.05, 3.63) is 11.8 Å². The van der Waals surface area contributed by atoms with E-state index in [4.69, 9.17) is 0 Å². The number of carbonyl (C=O) groups excluding carboxylic acids is 1. The van der Waals surface area contributed by atoms with Crippen molar-refractivity contribution in [3.63, 3.8) is 0 Å². The Hall–Kier alpha value is -0.573. The maximum absolute atomic E-state index is 10.9. The zero-order valence-electron chi connectivity index (χ0n) is 11.2. The number of rotatable bonds is 8. The van der Waals surface area contributed by atoms with Crippen LogP contribution in [0.1, 0.15) is 40.0 Å². The molecule has 0 spiro atoms. The molecule has 0 aliphatic heterocycles. The molecular formula is C13H26O2Si. The average Bonchev–Trinajstić information content (AvgIpc) is 2.34. The third kappa shape index (κ3) is 5.49. The Balaban J connectivity index is 3.93. The molecule has 0 aliphatic carbocycles. The smallest absolute Gasteiger partial charge is 0.305 e.